The van der Waals surface area contributed by atoms with Gasteiger partial charge in [-0.1, -0.05) is 61.5 Å². The zero-order valence-corrected chi connectivity index (χ0v) is 17.4. The number of hydrogen-bond acceptors (Lipinski definition) is 2. The smallest absolute Gasteiger partial charge is 0.242 e. The third kappa shape index (κ3) is 6.22. The Balaban J connectivity index is 2.15. The van der Waals surface area contributed by atoms with Crippen molar-refractivity contribution >= 4 is 11.8 Å². The van der Waals surface area contributed by atoms with Crippen LogP contribution >= 0.6 is 0 Å². The van der Waals surface area contributed by atoms with E-state index in [0.29, 0.717) is 13.0 Å². The van der Waals surface area contributed by atoms with Crippen LogP contribution in [0.3, 0.4) is 0 Å². The van der Waals surface area contributed by atoms with Crippen LogP contribution in [0.15, 0.2) is 54.6 Å². The largest absolute Gasteiger partial charge is 0.352 e. The molecule has 4 heteroatoms. The number of benzene rings is 2. The maximum atomic E-state index is 13.1. The molecule has 0 fully saturated rings. The van der Waals surface area contributed by atoms with Crippen molar-refractivity contribution in [2.45, 2.75) is 59.0 Å². The third-order valence-corrected chi connectivity index (χ3v) is 5.26. The van der Waals surface area contributed by atoms with E-state index < -0.39 is 6.04 Å². The molecule has 150 valence electrons. The standard InChI is InChI=1S/C24H32N2O2/c1-5-19(3)25-24(28)20(4)26(16-15-21-12-7-6-8-13-21)23(27)17-22-14-10-9-11-18(22)2/h6-14,19-20H,5,15-17H2,1-4H3,(H,25,28)/t19-,20+/m1/s1. The van der Waals surface area contributed by atoms with Gasteiger partial charge in [0.25, 0.3) is 0 Å². The number of carbonyl (C=O) groups is 2. The Morgan fingerprint density at radius 3 is 2.29 bits per heavy atom. The normalized spacial score (nSPS) is 12.9. The van der Waals surface area contributed by atoms with Crippen LogP contribution in [0.25, 0.3) is 0 Å². The van der Waals surface area contributed by atoms with Gasteiger partial charge in [0, 0.05) is 12.6 Å². The average Bonchev–Trinajstić information content (AvgIpc) is 2.70. The Hall–Kier alpha value is -2.62. The van der Waals surface area contributed by atoms with Crippen molar-refractivity contribution in [1.82, 2.24) is 10.2 Å². The van der Waals surface area contributed by atoms with Crippen molar-refractivity contribution in [3.05, 3.63) is 71.3 Å². The summed E-state index contributed by atoms with van der Waals surface area (Å²) in [5.41, 5.74) is 3.26. The predicted octanol–water partition coefficient (Wildman–Crippen LogP) is 3.91. The third-order valence-electron chi connectivity index (χ3n) is 5.26. The number of aryl methyl sites for hydroxylation is 1. The summed E-state index contributed by atoms with van der Waals surface area (Å²) in [6.07, 6.45) is 1.89. The second-order valence-electron chi connectivity index (χ2n) is 7.42. The highest BCUT2D eigenvalue weighted by Gasteiger charge is 2.26. The fraction of sp³-hybridized carbons (Fsp3) is 0.417. The summed E-state index contributed by atoms with van der Waals surface area (Å²) in [6, 6.07) is 17.6. The van der Waals surface area contributed by atoms with Gasteiger partial charge in [0.1, 0.15) is 6.04 Å². The van der Waals surface area contributed by atoms with Crippen molar-refractivity contribution < 1.29 is 9.59 Å². The minimum Gasteiger partial charge on any atom is -0.352 e. The van der Waals surface area contributed by atoms with Crippen LogP contribution in [0.1, 0.15) is 43.9 Å². The zero-order chi connectivity index (χ0) is 20.5. The molecule has 2 aromatic carbocycles. The molecule has 2 amide bonds. The number of carbonyl (C=O) groups excluding carboxylic acids is 2. The van der Waals surface area contributed by atoms with Crippen LogP contribution in [0.4, 0.5) is 0 Å². The molecule has 0 saturated carbocycles. The zero-order valence-electron chi connectivity index (χ0n) is 17.4. The fourth-order valence-electron chi connectivity index (χ4n) is 3.11. The van der Waals surface area contributed by atoms with Gasteiger partial charge in [-0.15, -0.1) is 0 Å². The van der Waals surface area contributed by atoms with Gasteiger partial charge in [-0.3, -0.25) is 9.59 Å². The monoisotopic (exact) mass is 380 g/mol. The van der Waals surface area contributed by atoms with Crippen LogP contribution in [-0.4, -0.2) is 35.3 Å². The van der Waals surface area contributed by atoms with Crippen LogP contribution in [0.2, 0.25) is 0 Å². The molecule has 4 nitrogen and oxygen atoms in total. The van der Waals surface area contributed by atoms with Gasteiger partial charge in [0.2, 0.25) is 11.8 Å². The lowest BCUT2D eigenvalue weighted by Gasteiger charge is -2.30. The minimum atomic E-state index is -0.505. The lowest BCUT2D eigenvalue weighted by atomic mass is 10.0. The Bertz CT molecular complexity index is 773. The summed E-state index contributed by atoms with van der Waals surface area (Å²) in [5.74, 6) is -0.113. The number of amides is 2. The first-order valence-electron chi connectivity index (χ1n) is 10.1. The molecule has 1 N–H and O–H groups in total. The van der Waals surface area contributed by atoms with E-state index in [-0.39, 0.29) is 17.9 Å². The van der Waals surface area contributed by atoms with Gasteiger partial charge in [-0.2, -0.15) is 0 Å². The molecule has 28 heavy (non-hydrogen) atoms. The summed E-state index contributed by atoms with van der Waals surface area (Å²) in [4.78, 5) is 27.5. The van der Waals surface area contributed by atoms with E-state index in [2.05, 4.69) is 5.32 Å². The number of rotatable bonds is 9. The fourth-order valence-corrected chi connectivity index (χ4v) is 3.11. The van der Waals surface area contributed by atoms with Crippen molar-refractivity contribution in [3.63, 3.8) is 0 Å². The first kappa shape index (κ1) is 21.7. The number of nitrogens with one attached hydrogen (secondary N) is 1. The van der Waals surface area contributed by atoms with Gasteiger partial charge in [0.05, 0.1) is 6.42 Å². The van der Waals surface area contributed by atoms with Crippen molar-refractivity contribution in [1.29, 1.82) is 0 Å². The maximum absolute atomic E-state index is 13.1. The van der Waals surface area contributed by atoms with Gasteiger partial charge < -0.3 is 10.2 Å². The maximum Gasteiger partial charge on any atom is 0.242 e. The molecule has 0 saturated heterocycles. The number of nitrogens with zero attached hydrogens (tertiary/aromatic N) is 1. The lowest BCUT2D eigenvalue weighted by Crippen LogP contribution is -2.50. The lowest BCUT2D eigenvalue weighted by molar-refractivity contribution is -0.139. The van der Waals surface area contributed by atoms with Gasteiger partial charge >= 0.3 is 0 Å². The molecule has 0 aliphatic carbocycles. The molecule has 0 aliphatic heterocycles. The van der Waals surface area contributed by atoms with Gasteiger partial charge in [-0.25, -0.2) is 0 Å². The molecule has 0 bridgehead atoms. The minimum absolute atomic E-state index is 0.0166. The second kappa shape index (κ2) is 10.6. The highest BCUT2D eigenvalue weighted by atomic mass is 16.2. The molecule has 0 heterocycles. The summed E-state index contributed by atoms with van der Waals surface area (Å²) in [5, 5.41) is 3.01. The Morgan fingerprint density at radius 2 is 1.64 bits per heavy atom. The quantitative estimate of drug-likeness (QED) is 0.717. The molecular weight excluding hydrogens is 348 g/mol. The summed E-state index contributed by atoms with van der Waals surface area (Å²) in [7, 11) is 0. The first-order chi connectivity index (χ1) is 13.4. The van der Waals surface area contributed by atoms with E-state index in [1.165, 1.54) is 0 Å². The molecule has 2 aromatic rings. The van der Waals surface area contributed by atoms with Gasteiger partial charge in [-0.05, 0) is 50.3 Å². The van der Waals surface area contributed by atoms with E-state index in [9.17, 15) is 9.59 Å². The van der Waals surface area contributed by atoms with Crippen molar-refractivity contribution in [2.24, 2.45) is 0 Å². The molecule has 0 spiro atoms. The highest BCUT2D eigenvalue weighted by Crippen LogP contribution is 2.13. The first-order valence-corrected chi connectivity index (χ1v) is 10.1. The van der Waals surface area contributed by atoms with E-state index in [1.54, 1.807) is 4.90 Å². The molecular formula is C24H32N2O2. The van der Waals surface area contributed by atoms with Crippen LogP contribution < -0.4 is 5.32 Å². The molecule has 0 aromatic heterocycles. The Morgan fingerprint density at radius 1 is 1.00 bits per heavy atom. The topological polar surface area (TPSA) is 49.4 Å². The van der Waals surface area contributed by atoms with E-state index in [4.69, 9.17) is 0 Å². The predicted molar refractivity (Wildman–Crippen MR) is 114 cm³/mol. The summed E-state index contributed by atoms with van der Waals surface area (Å²) < 4.78 is 0. The SMILES string of the molecule is CC[C@@H](C)NC(=O)[C@H](C)N(CCc1ccccc1)C(=O)Cc1ccccc1C. The van der Waals surface area contributed by atoms with Crippen LogP contribution in [-0.2, 0) is 22.4 Å². The second-order valence-corrected chi connectivity index (χ2v) is 7.42. The van der Waals surface area contributed by atoms with E-state index in [1.807, 2.05) is 82.3 Å². The molecule has 2 rings (SSSR count). The van der Waals surface area contributed by atoms with E-state index in [0.717, 1.165) is 29.5 Å². The van der Waals surface area contributed by atoms with Crippen molar-refractivity contribution in [3.8, 4) is 0 Å². The summed E-state index contributed by atoms with van der Waals surface area (Å²) >= 11 is 0. The number of hydrogen-bond donors (Lipinski definition) is 1. The molecule has 0 aliphatic rings. The van der Waals surface area contributed by atoms with E-state index >= 15 is 0 Å². The molecule has 0 radical (unpaired) electrons. The van der Waals surface area contributed by atoms with Crippen LogP contribution in [0.5, 0.6) is 0 Å². The highest BCUT2D eigenvalue weighted by molar-refractivity contribution is 5.88. The van der Waals surface area contributed by atoms with Crippen molar-refractivity contribution in [2.75, 3.05) is 6.54 Å². The molecule has 2 atom stereocenters. The average molecular weight is 381 g/mol. The van der Waals surface area contributed by atoms with Crippen LogP contribution in [0, 0.1) is 6.92 Å². The molecule has 0 unspecified atom stereocenters. The Kier molecular flexibility index (Phi) is 8.24. The summed E-state index contributed by atoms with van der Waals surface area (Å²) in [6.45, 7) is 8.36. The Labute approximate surface area is 169 Å². The van der Waals surface area contributed by atoms with Gasteiger partial charge in [0.15, 0.2) is 0 Å².